The molecule has 0 aliphatic heterocycles. The van der Waals surface area contributed by atoms with Crippen molar-refractivity contribution in [2.45, 2.75) is 31.8 Å². The van der Waals surface area contributed by atoms with Crippen LogP contribution >= 0.6 is 0 Å². The SMILES string of the molecule is CC(C)Cc1ccc(COCS(=O)(=O)c2ccccc2)cc1. The van der Waals surface area contributed by atoms with Gasteiger partial charge in [-0.05, 0) is 35.6 Å². The molecule has 4 heteroatoms. The lowest BCUT2D eigenvalue weighted by molar-refractivity contribution is 0.163. The molecule has 3 nitrogen and oxygen atoms in total. The van der Waals surface area contributed by atoms with Gasteiger partial charge in [-0.25, -0.2) is 8.42 Å². The van der Waals surface area contributed by atoms with E-state index in [1.165, 1.54) is 5.56 Å². The van der Waals surface area contributed by atoms with Crippen LogP contribution in [0.5, 0.6) is 0 Å². The van der Waals surface area contributed by atoms with Crippen molar-refractivity contribution >= 4 is 9.84 Å². The Hall–Kier alpha value is -1.65. The van der Waals surface area contributed by atoms with Crippen molar-refractivity contribution in [1.82, 2.24) is 0 Å². The molecule has 0 heterocycles. The molecule has 2 aromatic rings. The second-order valence-electron chi connectivity index (χ2n) is 5.81. The van der Waals surface area contributed by atoms with Crippen LogP contribution in [0.4, 0.5) is 0 Å². The summed E-state index contributed by atoms with van der Waals surface area (Å²) in [6.45, 7) is 4.67. The summed E-state index contributed by atoms with van der Waals surface area (Å²) in [6, 6.07) is 16.5. The summed E-state index contributed by atoms with van der Waals surface area (Å²) in [5.74, 6) is 0.322. The molecule has 2 aromatic carbocycles. The Bertz CT molecular complexity index is 674. The number of ether oxygens (including phenoxy) is 1. The fourth-order valence-electron chi connectivity index (χ4n) is 2.21. The molecule has 118 valence electrons. The largest absolute Gasteiger partial charge is 0.360 e. The van der Waals surface area contributed by atoms with E-state index in [0.29, 0.717) is 17.4 Å². The van der Waals surface area contributed by atoms with E-state index in [4.69, 9.17) is 4.74 Å². The highest BCUT2D eigenvalue weighted by atomic mass is 32.2. The summed E-state index contributed by atoms with van der Waals surface area (Å²) >= 11 is 0. The van der Waals surface area contributed by atoms with Gasteiger partial charge in [-0.2, -0.15) is 0 Å². The molecular formula is C18H22O3S. The minimum atomic E-state index is -3.38. The Labute approximate surface area is 132 Å². The molecule has 0 aliphatic rings. The molecule has 22 heavy (non-hydrogen) atoms. The maximum Gasteiger partial charge on any atom is 0.202 e. The minimum Gasteiger partial charge on any atom is -0.360 e. The van der Waals surface area contributed by atoms with E-state index in [0.717, 1.165) is 12.0 Å². The second kappa shape index (κ2) is 7.56. The average Bonchev–Trinajstić information content (AvgIpc) is 2.49. The Morgan fingerprint density at radius 1 is 0.909 bits per heavy atom. The Balaban J connectivity index is 1.88. The Morgan fingerprint density at radius 2 is 1.50 bits per heavy atom. The maximum atomic E-state index is 12.1. The standard InChI is InChI=1S/C18H22O3S/c1-15(2)12-16-8-10-17(11-9-16)13-21-14-22(19,20)18-6-4-3-5-7-18/h3-11,15H,12-14H2,1-2H3. The highest BCUT2D eigenvalue weighted by Crippen LogP contribution is 2.13. The van der Waals surface area contributed by atoms with Crippen LogP contribution in [0.1, 0.15) is 25.0 Å². The molecule has 0 aliphatic carbocycles. The van der Waals surface area contributed by atoms with Gasteiger partial charge in [0, 0.05) is 0 Å². The topological polar surface area (TPSA) is 43.4 Å². The van der Waals surface area contributed by atoms with E-state index >= 15 is 0 Å². The van der Waals surface area contributed by atoms with Gasteiger partial charge in [0.25, 0.3) is 0 Å². The van der Waals surface area contributed by atoms with Gasteiger partial charge in [-0.3, -0.25) is 0 Å². The molecule has 2 rings (SSSR count). The average molecular weight is 318 g/mol. The van der Waals surface area contributed by atoms with E-state index in [2.05, 4.69) is 26.0 Å². The summed E-state index contributed by atoms with van der Waals surface area (Å²) in [5, 5.41) is 0. The fraction of sp³-hybridized carbons (Fsp3) is 0.333. The first kappa shape index (κ1) is 16.7. The van der Waals surface area contributed by atoms with Crippen molar-refractivity contribution in [3.8, 4) is 0 Å². The molecule has 0 amide bonds. The quantitative estimate of drug-likeness (QED) is 0.779. The third-order valence-electron chi connectivity index (χ3n) is 3.28. The van der Waals surface area contributed by atoms with Gasteiger partial charge in [0.1, 0.15) is 0 Å². The molecule has 0 unspecified atom stereocenters. The summed E-state index contributed by atoms with van der Waals surface area (Å²) in [6.07, 6.45) is 1.05. The smallest absolute Gasteiger partial charge is 0.202 e. The maximum absolute atomic E-state index is 12.1. The molecule has 0 N–H and O–H groups in total. The molecule has 0 bridgehead atoms. The van der Waals surface area contributed by atoms with Crippen molar-refractivity contribution in [3.05, 3.63) is 65.7 Å². The zero-order chi connectivity index (χ0) is 16.0. The van der Waals surface area contributed by atoms with Gasteiger partial charge in [0.15, 0.2) is 5.94 Å². The second-order valence-corrected chi connectivity index (χ2v) is 7.75. The lowest BCUT2D eigenvalue weighted by atomic mass is 10.0. The summed E-state index contributed by atoms with van der Waals surface area (Å²) in [4.78, 5) is 0.294. The predicted molar refractivity (Wildman–Crippen MR) is 88.3 cm³/mol. The number of rotatable bonds is 7. The molecule has 0 spiro atoms. The van der Waals surface area contributed by atoms with Crippen molar-refractivity contribution in [3.63, 3.8) is 0 Å². The van der Waals surface area contributed by atoms with Gasteiger partial charge in [0.05, 0.1) is 11.5 Å². The van der Waals surface area contributed by atoms with Crippen LogP contribution in [0.3, 0.4) is 0 Å². The van der Waals surface area contributed by atoms with Crippen LogP contribution < -0.4 is 0 Å². The van der Waals surface area contributed by atoms with Crippen molar-refractivity contribution in [1.29, 1.82) is 0 Å². The minimum absolute atomic E-state index is 0.294. The first-order chi connectivity index (χ1) is 10.5. The molecule has 0 atom stereocenters. The first-order valence-electron chi connectivity index (χ1n) is 7.41. The summed E-state index contributed by atoms with van der Waals surface area (Å²) in [7, 11) is -3.38. The van der Waals surface area contributed by atoms with Crippen molar-refractivity contribution in [2.75, 3.05) is 5.94 Å². The number of benzene rings is 2. The molecule has 0 saturated heterocycles. The van der Waals surface area contributed by atoms with E-state index in [1.54, 1.807) is 30.3 Å². The first-order valence-corrected chi connectivity index (χ1v) is 9.06. The van der Waals surface area contributed by atoms with Crippen molar-refractivity contribution < 1.29 is 13.2 Å². The third kappa shape index (κ3) is 4.97. The number of hydrogen-bond acceptors (Lipinski definition) is 3. The van der Waals surface area contributed by atoms with Crippen molar-refractivity contribution in [2.24, 2.45) is 5.92 Å². The van der Waals surface area contributed by atoms with Crippen LogP contribution in [0.15, 0.2) is 59.5 Å². The Morgan fingerprint density at radius 3 is 2.09 bits per heavy atom. The lowest BCUT2D eigenvalue weighted by Crippen LogP contribution is -2.10. The van der Waals surface area contributed by atoms with Crippen LogP contribution in [0, 0.1) is 5.92 Å². The fourth-order valence-corrected chi connectivity index (χ4v) is 3.22. The number of sulfone groups is 1. The molecule has 0 radical (unpaired) electrons. The third-order valence-corrected chi connectivity index (χ3v) is 4.74. The highest BCUT2D eigenvalue weighted by molar-refractivity contribution is 7.91. The molecule has 0 fully saturated rings. The van der Waals surface area contributed by atoms with Crippen LogP contribution in [-0.4, -0.2) is 14.4 Å². The summed E-state index contributed by atoms with van der Waals surface area (Å²) in [5.41, 5.74) is 2.27. The highest BCUT2D eigenvalue weighted by Gasteiger charge is 2.13. The molecular weight excluding hydrogens is 296 g/mol. The summed E-state index contributed by atoms with van der Waals surface area (Å²) < 4.78 is 29.5. The van der Waals surface area contributed by atoms with Crippen LogP contribution in [-0.2, 0) is 27.6 Å². The molecule has 0 saturated carbocycles. The van der Waals surface area contributed by atoms with E-state index in [9.17, 15) is 8.42 Å². The van der Waals surface area contributed by atoms with Crippen LogP contribution in [0.25, 0.3) is 0 Å². The predicted octanol–water partition coefficient (Wildman–Crippen LogP) is 3.83. The van der Waals surface area contributed by atoms with E-state index in [1.807, 2.05) is 12.1 Å². The van der Waals surface area contributed by atoms with Crippen LogP contribution in [0.2, 0.25) is 0 Å². The van der Waals surface area contributed by atoms with Gasteiger partial charge in [-0.1, -0.05) is 56.3 Å². The zero-order valence-electron chi connectivity index (χ0n) is 13.0. The normalized spacial score (nSPS) is 11.8. The lowest BCUT2D eigenvalue weighted by Gasteiger charge is -2.08. The van der Waals surface area contributed by atoms with E-state index in [-0.39, 0.29) is 5.94 Å². The molecule has 0 aromatic heterocycles. The van der Waals surface area contributed by atoms with Gasteiger partial charge in [0.2, 0.25) is 9.84 Å². The van der Waals surface area contributed by atoms with Gasteiger partial charge < -0.3 is 4.74 Å². The Kier molecular flexibility index (Phi) is 5.75. The van der Waals surface area contributed by atoms with Gasteiger partial charge >= 0.3 is 0 Å². The number of hydrogen-bond donors (Lipinski definition) is 0. The zero-order valence-corrected chi connectivity index (χ0v) is 13.8. The van der Waals surface area contributed by atoms with Gasteiger partial charge in [-0.15, -0.1) is 0 Å². The van der Waals surface area contributed by atoms with E-state index < -0.39 is 9.84 Å². The monoisotopic (exact) mass is 318 g/mol.